The largest absolute Gasteiger partial charge is 0.465 e. The summed E-state index contributed by atoms with van der Waals surface area (Å²) in [5.74, 6) is 0.0140. The van der Waals surface area contributed by atoms with Crippen LogP contribution in [-0.4, -0.2) is 24.1 Å². The maximum absolute atomic E-state index is 12.9. The summed E-state index contributed by atoms with van der Waals surface area (Å²) in [6, 6.07) is 0. The van der Waals surface area contributed by atoms with E-state index in [2.05, 4.69) is 41.5 Å². The van der Waals surface area contributed by atoms with E-state index < -0.39 is 5.60 Å². The fraction of sp³-hybridized carbons (Fsp3) is 0.923. The van der Waals surface area contributed by atoms with E-state index in [9.17, 15) is 9.59 Å². The van der Waals surface area contributed by atoms with Crippen molar-refractivity contribution in [1.82, 2.24) is 0 Å². The Morgan fingerprint density at radius 1 is 0.933 bits per heavy atom. The molecule has 30 heavy (non-hydrogen) atoms. The van der Waals surface area contributed by atoms with Crippen molar-refractivity contribution in [2.24, 2.45) is 22.7 Å². The third kappa shape index (κ3) is 8.59. The first-order valence-electron chi connectivity index (χ1n) is 12.2. The summed E-state index contributed by atoms with van der Waals surface area (Å²) in [6.07, 6.45) is 9.61. The van der Waals surface area contributed by atoms with Gasteiger partial charge in [-0.05, 0) is 56.3 Å². The van der Waals surface area contributed by atoms with Crippen molar-refractivity contribution in [1.29, 1.82) is 0 Å². The third-order valence-electron chi connectivity index (χ3n) is 7.59. The molecule has 0 aliphatic heterocycles. The lowest BCUT2D eigenvalue weighted by Crippen LogP contribution is -2.38. The lowest BCUT2D eigenvalue weighted by Gasteiger charge is -2.37. The molecule has 4 nitrogen and oxygen atoms in total. The summed E-state index contributed by atoms with van der Waals surface area (Å²) < 4.78 is 11.4. The van der Waals surface area contributed by atoms with Crippen LogP contribution in [0.4, 0.5) is 0 Å². The smallest absolute Gasteiger partial charge is 0.309 e. The summed E-state index contributed by atoms with van der Waals surface area (Å²) in [7, 11) is 0. The van der Waals surface area contributed by atoms with Crippen molar-refractivity contribution in [2.75, 3.05) is 6.61 Å². The van der Waals surface area contributed by atoms with Crippen LogP contribution in [0, 0.1) is 22.7 Å². The second-order valence-corrected chi connectivity index (χ2v) is 11.3. The van der Waals surface area contributed by atoms with E-state index in [4.69, 9.17) is 9.47 Å². The van der Waals surface area contributed by atoms with Gasteiger partial charge in [0.1, 0.15) is 5.60 Å². The Kier molecular flexibility index (Phi) is 10.4. The molecule has 0 radical (unpaired) electrons. The highest BCUT2D eigenvalue weighted by molar-refractivity contribution is 5.73. The van der Waals surface area contributed by atoms with E-state index in [0.29, 0.717) is 18.8 Å². The van der Waals surface area contributed by atoms with Gasteiger partial charge in [-0.1, -0.05) is 73.6 Å². The van der Waals surface area contributed by atoms with Crippen molar-refractivity contribution in [3.8, 4) is 0 Å². The van der Waals surface area contributed by atoms with Gasteiger partial charge in [0.2, 0.25) is 0 Å². The molecule has 1 saturated carbocycles. The summed E-state index contributed by atoms with van der Waals surface area (Å²) in [4.78, 5) is 25.2. The molecular formula is C26H48O4. The number of ether oxygens (including phenoxy) is 2. The van der Waals surface area contributed by atoms with Gasteiger partial charge in [-0.2, -0.15) is 0 Å². The van der Waals surface area contributed by atoms with Crippen LogP contribution in [-0.2, 0) is 19.1 Å². The lowest BCUT2D eigenvalue weighted by molar-refractivity contribution is -0.164. The van der Waals surface area contributed by atoms with E-state index in [1.54, 1.807) is 0 Å². The first-order valence-corrected chi connectivity index (χ1v) is 12.2. The molecule has 1 aliphatic carbocycles. The molecule has 1 aliphatic rings. The highest BCUT2D eigenvalue weighted by Crippen LogP contribution is 2.41. The molecule has 0 amide bonds. The molecule has 0 aromatic carbocycles. The molecule has 0 aromatic heterocycles. The molecule has 1 fully saturated rings. The first-order chi connectivity index (χ1) is 13.8. The van der Waals surface area contributed by atoms with Crippen LogP contribution in [0.15, 0.2) is 0 Å². The zero-order valence-corrected chi connectivity index (χ0v) is 21.1. The van der Waals surface area contributed by atoms with Gasteiger partial charge in [-0.3, -0.25) is 9.59 Å². The molecule has 1 unspecified atom stereocenters. The fourth-order valence-electron chi connectivity index (χ4n) is 4.34. The Morgan fingerprint density at radius 3 is 2.07 bits per heavy atom. The van der Waals surface area contributed by atoms with Crippen molar-refractivity contribution in [2.45, 2.75) is 125 Å². The van der Waals surface area contributed by atoms with Gasteiger partial charge >= 0.3 is 11.9 Å². The van der Waals surface area contributed by atoms with Crippen LogP contribution in [0.25, 0.3) is 0 Å². The van der Waals surface area contributed by atoms with Crippen LogP contribution in [0.5, 0.6) is 0 Å². The Bertz CT molecular complexity index is 541. The molecule has 0 saturated heterocycles. The maximum atomic E-state index is 12.9. The second-order valence-electron chi connectivity index (χ2n) is 11.3. The molecule has 0 aromatic rings. The predicted molar refractivity (Wildman–Crippen MR) is 123 cm³/mol. The Hall–Kier alpha value is -1.06. The van der Waals surface area contributed by atoms with Gasteiger partial charge in [0.15, 0.2) is 0 Å². The standard InChI is InChI=1S/C26H48O4/c1-9-24(3,4)19-21(25(5,6)10-2)23(28)29-18-14-17-22(27)30-26(7,8)20-15-12-11-13-16-20/h20-21H,9-19H2,1-8H3. The minimum absolute atomic E-state index is 0.102. The zero-order valence-electron chi connectivity index (χ0n) is 21.1. The Balaban J connectivity index is 2.49. The van der Waals surface area contributed by atoms with Gasteiger partial charge < -0.3 is 9.47 Å². The Morgan fingerprint density at radius 2 is 1.53 bits per heavy atom. The first kappa shape index (κ1) is 27.0. The lowest BCUT2D eigenvalue weighted by atomic mass is 9.68. The van der Waals surface area contributed by atoms with Crippen molar-refractivity contribution in [3.05, 3.63) is 0 Å². The third-order valence-corrected chi connectivity index (χ3v) is 7.59. The number of hydrogen-bond donors (Lipinski definition) is 0. The molecule has 0 N–H and O–H groups in total. The minimum Gasteiger partial charge on any atom is -0.465 e. The van der Waals surface area contributed by atoms with Gasteiger partial charge in [0, 0.05) is 6.42 Å². The molecular weight excluding hydrogens is 376 g/mol. The molecule has 4 heteroatoms. The topological polar surface area (TPSA) is 52.6 Å². The van der Waals surface area contributed by atoms with E-state index in [0.717, 1.165) is 32.1 Å². The van der Waals surface area contributed by atoms with Crippen LogP contribution in [0.3, 0.4) is 0 Å². The molecule has 1 atom stereocenters. The van der Waals surface area contributed by atoms with Crippen LogP contribution < -0.4 is 0 Å². The predicted octanol–water partition coefficient (Wildman–Crippen LogP) is 7.09. The normalized spacial score (nSPS) is 17.5. The van der Waals surface area contributed by atoms with Crippen molar-refractivity contribution >= 4 is 11.9 Å². The fourth-order valence-corrected chi connectivity index (χ4v) is 4.34. The Labute approximate surface area is 185 Å². The highest BCUT2D eigenvalue weighted by Gasteiger charge is 2.38. The van der Waals surface area contributed by atoms with Crippen LogP contribution in [0.2, 0.25) is 0 Å². The second kappa shape index (κ2) is 11.5. The molecule has 1 rings (SSSR count). The molecule has 0 spiro atoms. The average molecular weight is 425 g/mol. The summed E-state index contributed by atoms with van der Waals surface area (Å²) in [5.41, 5.74) is -0.409. The minimum atomic E-state index is -0.407. The van der Waals surface area contributed by atoms with Gasteiger partial charge in [-0.15, -0.1) is 0 Å². The van der Waals surface area contributed by atoms with Gasteiger partial charge in [0.05, 0.1) is 12.5 Å². The van der Waals surface area contributed by atoms with E-state index in [1.165, 1.54) is 19.3 Å². The number of rotatable bonds is 12. The molecule has 176 valence electrons. The van der Waals surface area contributed by atoms with E-state index in [1.807, 2.05) is 13.8 Å². The van der Waals surface area contributed by atoms with Crippen LogP contribution >= 0.6 is 0 Å². The van der Waals surface area contributed by atoms with Crippen molar-refractivity contribution < 1.29 is 19.1 Å². The van der Waals surface area contributed by atoms with Crippen LogP contribution in [0.1, 0.15) is 120 Å². The molecule has 0 heterocycles. The SMILES string of the molecule is CCC(C)(C)CC(C(=O)OCCCC(=O)OC(C)(C)C1CCCCC1)C(C)(C)CC. The van der Waals surface area contributed by atoms with Gasteiger partial charge in [0.25, 0.3) is 0 Å². The highest BCUT2D eigenvalue weighted by atomic mass is 16.6. The van der Waals surface area contributed by atoms with E-state index >= 15 is 0 Å². The summed E-state index contributed by atoms with van der Waals surface area (Å²) in [5, 5.41) is 0. The van der Waals surface area contributed by atoms with Gasteiger partial charge in [-0.25, -0.2) is 0 Å². The van der Waals surface area contributed by atoms with Crippen molar-refractivity contribution in [3.63, 3.8) is 0 Å². The quantitative estimate of drug-likeness (QED) is 0.248. The maximum Gasteiger partial charge on any atom is 0.309 e. The summed E-state index contributed by atoms with van der Waals surface area (Å²) >= 11 is 0. The van der Waals surface area contributed by atoms with E-state index in [-0.39, 0.29) is 35.3 Å². The number of esters is 2. The molecule has 0 bridgehead atoms. The zero-order chi connectivity index (χ0) is 23.0. The average Bonchev–Trinajstić information content (AvgIpc) is 2.69. The summed E-state index contributed by atoms with van der Waals surface area (Å²) in [6.45, 7) is 17.4. The number of carbonyl (C=O) groups excluding carboxylic acids is 2. The monoisotopic (exact) mass is 424 g/mol. The number of carbonyl (C=O) groups is 2. The number of hydrogen-bond acceptors (Lipinski definition) is 4.